The van der Waals surface area contributed by atoms with Crippen LogP contribution in [0.15, 0.2) is 16.0 Å². The molecule has 0 radical (unpaired) electrons. The number of hydrogen-bond acceptors (Lipinski definition) is 5. The van der Waals surface area contributed by atoms with Gasteiger partial charge in [-0.15, -0.1) is 11.3 Å². The molecule has 0 aliphatic rings. The lowest BCUT2D eigenvalue weighted by molar-refractivity contribution is 0.369. The summed E-state index contributed by atoms with van der Waals surface area (Å²) in [5.41, 5.74) is 2.13. The van der Waals surface area contributed by atoms with Gasteiger partial charge in [0.1, 0.15) is 0 Å². The molecule has 5 heteroatoms. The Morgan fingerprint density at radius 3 is 2.67 bits per heavy atom. The van der Waals surface area contributed by atoms with Crippen LogP contribution in [0.2, 0.25) is 0 Å². The minimum atomic E-state index is 0.130. The first-order chi connectivity index (χ1) is 8.45. The van der Waals surface area contributed by atoms with Crippen LogP contribution in [-0.4, -0.2) is 10.1 Å². The van der Waals surface area contributed by atoms with Crippen molar-refractivity contribution in [3.8, 4) is 0 Å². The monoisotopic (exact) mass is 265 g/mol. The van der Waals surface area contributed by atoms with E-state index in [4.69, 9.17) is 4.52 Å². The average molecular weight is 265 g/mol. The minimum Gasteiger partial charge on any atom is -0.360 e. The fourth-order valence-corrected chi connectivity index (χ4v) is 2.45. The van der Waals surface area contributed by atoms with Crippen molar-refractivity contribution in [2.75, 3.05) is 0 Å². The fraction of sp³-hybridized carbons (Fsp3) is 0.538. The van der Waals surface area contributed by atoms with E-state index in [-0.39, 0.29) is 5.41 Å². The first-order valence-electron chi connectivity index (χ1n) is 6.03. The molecule has 2 heterocycles. The molecule has 0 aromatic carbocycles. The maximum absolute atomic E-state index is 5.13. The third kappa shape index (κ3) is 3.40. The third-order valence-electron chi connectivity index (χ3n) is 2.48. The van der Waals surface area contributed by atoms with Crippen LogP contribution in [0.5, 0.6) is 0 Å². The summed E-state index contributed by atoms with van der Waals surface area (Å²) in [6.45, 7) is 9.90. The Bertz CT molecular complexity index is 510. The van der Waals surface area contributed by atoms with Crippen molar-refractivity contribution >= 4 is 11.3 Å². The second-order valence-electron chi connectivity index (χ2n) is 5.43. The largest absolute Gasteiger partial charge is 0.360 e. The Balaban J connectivity index is 1.85. The van der Waals surface area contributed by atoms with Gasteiger partial charge in [-0.1, -0.05) is 25.9 Å². The molecule has 18 heavy (non-hydrogen) atoms. The van der Waals surface area contributed by atoms with Crippen LogP contribution in [-0.2, 0) is 18.5 Å². The zero-order valence-corrected chi connectivity index (χ0v) is 12.1. The van der Waals surface area contributed by atoms with Crippen molar-refractivity contribution in [3.05, 3.63) is 33.6 Å². The molecule has 0 aliphatic carbocycles. The van der Waals surface area contributed by atoms with Gasteiger partial charge in [-0.2, -0.15) is 0 Å². The minimum absolute atomic E-state index is 0.130. The molecule has 0 bridgehead atoms. The molecule has 0 spiro atoms. The molecule has 2 aromatic rings. The first-order valence-corrected chi connectivity index (χ1v) is 6.91. The van der Waals surface area contributed by atoms with Crippen LogP contribution >= 0.6 is 11.3 Å². The zero-order valence-electron chi connectivity index (χ0n) is 11.3. The van der Waals surface area contributed by atoms with Gasteiger partial charge in [0, 0.05) is 23.4 Å². The highest BCUT2D eigenvalue weighted by molar-refractivity contribution is 7.09. The van der Waals surface area contributed by atoms with Gasteiger partial charge in [-0.25, -0.2) is 4.98 Å². The van der Waals surface area contributed by atoms with Gasteiger partial charge >= 0.3 is 0 Å². The topological polar surface area (TPSA) is 51.0 Å². The molecule has 0 aliphatic heterocycles. The summed E-state index contributed by atoms with van der Waals surface area (Å²) in [6.07, 6.45) is 0. The van der Waals surface area contributed by atoms with Crippen molar-refractivity contribution in [2.45, 2.75) is 46.2 Å². The fourth-order valence-electron chi connectivity index (χ4n) is 1.55. The van der Waals surface area contributed by atoms with Gasteiger partial charge in [0.15, 0.2) is 5.76 Å². The number of rotatable bonds is 4. The van der Waals surface area contributed by atoms with Crippen molar-refractivity contribution in [3.63, 3.8) is 0 Å². The van der Waals surface area contributed by atoms with Crippen molar-refractivity contribution in [1.29, 1.82) is 0 Å². The molecule has 0 unspecified atom stereocenters. The van der Waals surface area contributed by atoms with Crippen LogP contribution in [0.1, 0.15) is 42.9 Å². The van der Waals surface area contributed by atoms with Crippen molar-refractivity contribution < 1.29 is 4.52 Å². The van der Waals surface area contributed by atoms with Gasteiger partial charge in [-0.05, 0) is 6.92 Å². The quantitative estimate of drug-likeness (QED) is 0.923. The van der Waals surface area contributed by atoms with Gasteiger partial charge in [0.25, 0.3) is 0 Å². The SMILES string of the molecule is Cc1cc(CNCc2csc(C(C)(C)C)n2)on1. The van der Waals surface area contributed by atoms with E-state index in [2.05, 4.69) is 41.6 Å². The molecule has 0 fully saturated rings. The van der Waals surface area contributed by atoms with Gasteiger partial charge < -0.3 is 9.84 Å². The molecule has 2 aromatic heterocycles. The number of hydrogen-bond donors (Lipinski definition) is 1. The molecule has 4 nitrogen and oxygen atoms in total. The normalized spacial score (nSPS) is 12.0. The smallest absolute Gasteiger partial charge is 0.150 e. The van der Waals surface area contributed by atoms with E-state index in [0.29, 0.717) is 6.54 Å². The standard InChI is InChI=1S/C13H19N3OS/c1-9-5-11(17-16-9)7-14-6-10-8-18-12(15-10)13(2,3)4/h5,8,14H,6-7H2,1-4H3. The Labute approximate surface area is 111 Å². The lowest BCUT2D eigenvalue weighted by Crippen LogP contribution is -2.14. The predicted octanol–water partition coefficient (Wildman–Crippen LogP) is 3.03. The van der Waals surface area contributed by atoms with E-state index >= 15 is 0 Å². The van der Waals surface area contributed by atoms with Crippen LogP contribution < -0.4 is 5.32 Å². The Kier molecular flexibility index (Phi) is 3.82. The molecule has 2 rings (SSSR count). The Morgan fingerprint density at radius 1 is 1.33 bits per heavy atom. The van der Waals surface area contributed by atoms with E-state index in [0.717, 1.165) is 23.7 Å². The van der Waals surface area contributed by atoms with E-state index < -0.39 is 0 Å². The van der Waals surface area contributed by atoms with Crippen molar-refractivity contribution in [1.82, 2.24) is 15.5 Å². The molecular weight excluding hydrogens is 246 g/mol. The highest BCUT2D eigenvalue weighted by atomic mass is 32.1. The molecule has 98 valence electrons. The van der Waals surface area contributed by atoms with Gasteiger partial charge in [0.2, 0.25) is 0 Å². The summed E-state index contributed by atoms with van der Waals surface area (Å²) in [5.74, 6) is 0.860. The molecule has 0 amide bonds. The number of aromatic nitrogens is 2. The van der Waals surface area contributed by atoms with Gasteiger partial charge in [0.05, 0.1) is 22.9 Å². The van der Waals surface area contributed by atoms with Gasteiger partial charge in [-0.3, -0.25) is 0 Å². The second-order valence-corrected chi connectivity index (χ2v) is 6.29. The van der Waals surface area contributed by atoms with Crippen LogP contribution in [0, 0.1) is 6.92 Å². The zero-order chi connectivity index (χ0) is 13.2. The second kappa shape index (κ2) is 5.20. The summed E-state index contributed by atoms with van der Waals surface area (Å²) in [6, 6.07) is 1.94. The first kappa shape index (κ1) is 13.2. The maximum atomic E-state index is 5.13. The van der Waals surface area contributed by atoms with E-state index in [1.165, 1.54) is 5.01 Å². The number of nitrogens with one attached hydrogen (secondary N) is 1. The highest BCUT2D eigenvalue weighted by Crippen LogP contribution is 2.25. The summed E-state index contributed by atoms with van der Waals surface area (Å²) >= 11 is 1.72. The molecule has 0 atom stereocenters. The molecule has 0 saturated carbocycles. The summed E-state index contributed by atoms with van der Waals surface area (Å²) in [5, 5.41) is 10.4. The van der Waals surface area contributed by atoms with Crippen LogP contribution in [0.3, 0.4) is 0 Å². The Hall–Kier alpha value is -1.20. The maximum Gasteiger partial charge on any atom is 0.150 e. The predicted molar refractivity (Wildman–Crippen MR) is 72.6 cm³/mol. The number of nitrogens with zero attached hydrogens (tertiary/aromatic N) is 2. The van der Waals surface area contributed by atoms with Crippen LogP contribution in [0.4, 0.5) is 0 Å². The number of thiazole rings is 1. The summed E-state index contributed by atoms with van der Waals surface area (Å²) in [4.78, 5) is 4.63. The molecular formula is C13H19N3OS. The van der Waals surface area contributed by atoms with Crippen LogP contribution in [0.25, 0.3) is 0 Å². The third-order valence-corrected chi connectivity index (χ3v) is 3.79. The lowest BCUT2D eigenvalue weighted by Gasteiger charge is -2.13. The molecule has 0 saturated heterocycles. The summed E-state index contributed by atoms with van der Waals surface area (Å²) in [7, 11) is 0. The highest BCUT2D eigenvalue weighted by Gasteiger charge is 2.17. The Morgan fingerprint density at radius 2 is 2.11 bits per heavy atom. The van der Waals surface area contributed by atoms with E-state index in [9.17, 15) is 0 Å². The van der Waals surface area contributed by atoms with E-state index in [1.54, 1.807) is 11.3 Å². The average Bonchev–Trinajstić information content (AvgIpc) is 2.87. The van der Waals surface area contributed by atoms with Crippen molar-refractivity contribution in [2.24, 2.45) is 0 Å². The number of aryl methyl sites for hydroxylation is 1. The molecule has 1 N–H and O–H groups in total. The van der Waals surface area contributed by atoms with E-state index in [1.807, 2.05) is 13.0 Å². The lowest BCUT2D eigenvalue weighted by atomic mass is 9.98. The summed E-state index contributed by atoms with van der Waals surface area (Å²) < 4.78 is 5.13.